The number of benzene rings is 3. The Hall–Kier alpha value is -4.61. The van der Waals surface area contributed by atoms with E-state index in [1.54, 1.807) is 11.3 Å². The van der Waals surface area contributed by atoms with Gasteiger partial charge in [0.25, 0.3) is 6.71 Å². The van der Waals surface area contributed by atoms with E-state index in [0.29, 0.717) is 0 Å². The molecule has 0 amide bonds. The minimum atomic E-state index is -0.0965. The molecule has 3 aromatic carbocycles. The van der Waals surface area contributed by atoms with Crippen molar-refractivity contribution in [3.05, 3.63) is 133 Å². The van der Waals surface area contributed by atoms with Gasteiger partial charge in [0.15, 0.2) is 0 Å². The molecule has 0 aliphatic heterocycles. The summed E-state index contributed by atoms with van der Waals surface area (Å²) in [6, 6.07) is 44.2. The van der Waals surface area contributed by atoms with Gasteiger partial charge in [0.1, 0.15) is 4.83 Å². The maximum atomic E-state index is 5.28. The number of fused-ring (bicyclic) bond motifs is 3. The van der Waals surface area contributed by atoms with Gasteiger partial charge in [0.05, 0.1) is 11.4 Å². The number of nitrogens with zero attached hydrogens (tertiary/aromatic N) is 3. The summed E-state index contributed by atoms with van der Waals surface area (Å²) in [7, 11) is 0. The summed E-state index contributed by atoms with van der Waals surface area (Å²) in [5, 5.41) is 2.42. The molecular weight excluding hydrogens is 493 g/mol. The van der Waals surface area contributed by atoms with Crippen molar-refractivity contribution in [2.75, 3.05) is 0 Å². The van der Waals surface area contributed by atoms with E-state index in [2.05, 4.69) is 121 Å². The van der Waals surface area contributed by atoms with E-state index in [1.807, 2.05) is 13.0 Å². The first-order valence-corrected chi connectivity index (χ1v) is 13.9. The molecule has 0 unspecified atom stereocenters. The Kier molecular flexibility index (Phi) is 5.99. The third-order valence-corrected chi connectivity index (χ3v) is 8.26. The third-order valence-electron chi connectivity index (χ3n) is 7.11. The van der Waals surface area contributed by atoms with Crippen LogP contribution in [0.4, 0.5) is 0 Å². The second kappa shape index (κ2) is 9.93. The summed E-state index contributed by atoms with van der Waals surface area (Å²) < 4.78 is 1.22. The molecule has 4 heterocycles. The Bertz CT molecular complexity index is 1930. The van der Waals surface area contributed by atoms with Gasteiger partial charge in [-0.25, -0.2) is 4.98 Å². The predicted octanol–water partition coefficient (Wildman–Crippen LogP) is 6.40. The van der Waals surface area contributed by atoms with E-state index < -0.39 is 0 Å². The lowest BCUT2D eigenvalue weighted by atomic mass is 9.40. The SMILES string of the molecule is Cc1ccc2c(n1)sc1c(-c3cccc(B(c4ccccc4)c4cccc(-c5ccccc5)n4)n3)cccc12. The highest BCUT2D eigenvalue weighted by atomic mass is 32.1. The average molecular weight is 517 g/mol. The van der Waals surface area contributed by atoms with Gasteiger partial charge in [-0.05, 0) is 43.3 Å². The number of aryl methyl sites for hydroxylation is 1. The van der Waals surface area contributed by atoms with Gasteiger partial charge in [0.2, 0.25) is 0 Å². The first kappa shape index (κ1) is 23.5. The molecule has 0 aliphatic rings. The second-order valence-corrected chi connectivity index (χ2v) is 10.7. The molecule has 39 heavy (non-hydrogen) atoms. The van der Waals surface area contributed by atoms with Crippen LogP contribution in [0.3, 0.4) is 0 Å². The van der Waals surface area contributed by atoms with Crippen LogP contribution in [-0.4, -0.2) is 21.7 Å². The van der Waals surface area contributed by atoms with E-state index in [1.165, 1.54) is 20.9 Å². The summed E-state index contributed by atoms with van der Waals surface area (Å²) in [5.74, 6) is 0. The monoisotopic (exact) mass is 517 g/mol. The lowest BCUT2D eigenvalue weighted by Gasteiger charge is -2.16. The Balaban J connectivity index is 1.38. The Morgan fingerprint density at radius 3 is 1.97 bits per heavy atom. The topological polar surface area (TPSA) is 38.7 Å². The molecule has 7 rings (SSSR count). The van der Waals surface area contributed by atoms with Crippen LogP contribution in [-0.2, 0) is 0 Å². The van der Waals surface area contributed by atoms with Crippen molar-refractivity contribution in [3.8, 4) is 22.5 Å². The van der Waals surface area contributed by atoms with E-state index in [0.717, 1.165) is 44.2 Å². The maximum absolute atomic E-state index is 5.28. The standard InChI is InChI=1S/C34H24BN3S/c1-23-21-22-27-26-15-8-16-28(33(26)39-34(27)36-23)30-18-10-20-32(38-30)35(25-13-6-3-7-14-25)31-19-9-17-29(37-31)24-11-4-2-5-12-24/h2-22H,1H3. The van der Waals surface area contributed by atoms with Crippen molar-refractivity contribution >= 4 is 55.0 Å². The molecule has 0 saturated carbocycles. The zero-order valence-electron chi connectivity index (χ0n) is 21.5. The quantitative estimate of drug-likeness (QED) is 0.248. The molecule has 0 N–H and O–H groups in total. The number of hydrogen-bond donors (Lipinski definition) is 0. The third kappa shape index (κ3) is 4.41. The van der Waals surface area contributed by atoms with E-state index in [9.17, 15) is 0 Å². The zero-order valence-corrected chi connectivity index (χ0v) is 22.3. The summed E-state index contributed by atoms with van der Waals surface area (Å²) >= 11 is 1.74. The summed E-state index contributed by atoms with van der Waals surface area (Å²) in [6.45, 7) is 1.95. The highest BCUT2D eigenvalue weighted by molar-refractivity contribution is 7.26. The van der Waals surface area contributed by atoms with Crippen LogP contribution in [0, 0.1) is 6.92 Å². The van der Waals surface area contributed by atoms with Crippen LogP contribution in [0.15, 0.2) is 127 Å². The van der Waals surface area contributed by atoms with Crippen LogP contribution in [0.2, 0.25) is 0 Å². The fourth-order valence-electron chi connectivity index (χ4n) is 5.26. The van der Waals surface area contributed by atoms with E-state index in [4.69, 9.17) is 15.0 Å². The minimum Gasteiger partial charge on any atom is -0.262 e. The van der Waals surface area contributed by atoms with Crippen molar-refractivity contribution in [1.29, 1.82) is 0 Å². The lowest BCUT2D eigenvalue weighted by Crippen LogP contribution is -2.54. The second-order valence-electron chi connectivity index (χ2n) is 9.69. The molecule has 0 radical (unpaired) electrons. The molecule has 0 fully saturated rings. The number of pyridine rings is 3. The smallest absolute Gasteiger partial charge is 0.262 e. The van der Waals surface area contributed by atoms with Gasteiger partial charge >= 0.3 is 0 Å². The molecule has 184 valence electrons. The fourth-order valence-corrected chi connectivity index (χ4v) is 6.50. The zero-order chi connectivity index (χ0) is 26.2. The molecule has 7 aromatic rings. The largest absolute Gasteiger partial charge is 0.288 e. The molecule has 0 bridgehead atoms. The lowest BCUT2D eigenvalue weighted by molar-refractivity contribution is 1.27. The molecule has 5 heteroatoms. The van der Waals surface area contributed by atoms with Gasteiger partial charge < -0.3 is 0 Å². The fraction of sp³-hybridized carbons (Fsp3) is 0.0294. The molecule has 3 nitrogen and oxygen atoms in total. The van der Waals surface area contributed by atoms with Crippen LogP contribution >= 0.6 is 11.3 Å². The van der Waals surface area contributed by atoms with E-state index >= 15 is 0 Å². The maximum Gasteiger partial charge on any atom is 0.288 e. The summed E-state index contributed by atoms with van der Waals surface area (Å²) in [4.78, 5) is 16.3. The number of hydrogen-bond acceptors (Lipinski definition) is 4. The molecule has 0 atom stereocenters. The number of aromatic nitrogens is 3. The van der Waals surface area contributed by atoms with Gasteiger partial charge in [0, 0.05) is 43.5 Å². The predicted molar refractivity (Wildman–Crippen MR) is 166 cm³/mol. The van der Waals surface area contributed by atoms with Crippen LogP contribution in [0.1, 0.15) is 5.69 Å². The van der Waals surface area contributed by atoms with Crippen molar-refractivity contribution in [2.24, 2.45) is 0 Å². The van der Waals surface area contributed by atoms with Crippen LogP contribution in [0.5, 0.6) is 0 Å². The van der Waals surface area contributed by atoms with Crippen LogP contribution < -0.4 is 16.6 Å². The molecule has 4 aromatic heterocycles. The Morgan fingerprint density at radius 2 is 1.21 bits per heavy atom. The Labute approximate surface area is 232 Å². The Morgan fingerprint density at radius 1 is 0.538 bits per heavy atom. The highest BCUT2D eigenvalue weighted by Gasteiger charge is 2.26. The van der Waals surface area contributed by atoms with Crippen molar-refractivity contribution < 1.29 is 0 Å². The number of rotatable bonds is 5. The van der Waals surface area contributed by atoms with E-state index in [-0.39, 0.29) is 6.71 Å². The molecule has 0 saturated heterocycles. The first-order chi connectivity index (χ1) is 19.2. The number of thiophene rings is 1. The molecular formula is C34H24BN3S. The van der Waals surface area contributed by atoms with Crippen molar-refractivity contribution in [2.45, 2.75) is 6.92 Å². The van der Waals surface area contributed by atoms with Gasteiger partial charge in [-0.3, -0.25) is 9.97 Å². The summed E-state index contributed by atoms with van der Waals surface area (Å²) in [5.41, 5.74) is 8.31. The average Bonchev–Trinajstić information content (AvgIpc) is 3.36. The van der Waals surface area contributed by atoms with Crippen molar-refractivity contribution in [1.82, 2.24) is 15.0 Å². The minimum absolute atomic E-state index is 0.0965. The van der Waals surface area contributed by atoms with Crippen LogP contribution in [0.25, 0.3) is 42.8 Å². The highest BCUT2D eigenvalue weighted by Crippen LogP contribution is 2.38. The molecule has 0 aliphatic carbocycles. The molecule has 0 spiro atoms. The normalized spacial score (nSPS) is 11.2. The summed E-state index contributed by atoms with van der Waals surface area (Å²) in [6.07, 6.45) is 0. The van der Waals surface area contributed by atoms with Gasteiger partial charge in [-0.15, -0.1) is 11.3 Å². The van der Waals surface area contributed by atoms with Gasteiger partial charge in [-0.1, -0.05) is 96.5 Å². The van der Waals surface area contributed by atoms with Crippen molar-refractivity contribution in [3.63, 3.8) is 0 Å². The first-order valence-electron chi connectivity index (χ1n) is 13.1. The van der Waals surface area contributed by atoms with Gasteiger partial charge in [-0.2, -0.15) is 0 Å².